The first-order chi connectivity index (χ1) is 15.7. The number of halogens is 1. The highest BCUT2D eigenvalue weighted by atomic mass is 35.5. The number of aromatic nitrogens is 2. The molecule has 0 saturated carbocycles. The summed E-state index contributed by atoms with van der Waals surface area (Å²) in [5.41, 5.74) is 0.676. The molecule has 0 fully saturated rings. The van der Waals surface area contributed by atoms with Crippen LogP contribution in [0.25, 0.3) is 11.0 Å². The van der Waals surface area contributed by atoms with Crippen LogP contribution in [-0.4, -0.2) is 44.1 Å². The molecule has 33 heavy (non-hydrogen) atoms. The number of carbonyl (C=O) groups is 2. The van der Waals surface area contributed by atoms with Gasteiger partial charge in [-0.2, -0.15) is 0 Å². The molecule has 2 atom stereocenters. The van der Waals surface area contributed by atoms with E-state index in [0.29, 0.717) is 32.1 Å². The van der Waals surface area contributed by atoms with Gasteiger partial charge >= 0.3 is 6.09 Å². The number of thiophene rings is 1. The zero-order chi connectivity index (χ0) is 23.5. The molecule has 5 rings (SSSR count). The van der Waals surface area contributed by atoms with Gasteiger partial charge in [-0.05, 0) is 37.3 Å². The van der Waals surface area contributed by atoms with Crippen LogP contribution in [-0.2, 0) is 5.72 Å². The zero-order valence-electron chi connectivity index (χ0n) is 17.6. The number of carboxylic acid groups (broad SMARTS) is 1. The second kappa shape index (κ2) is 7.58. The molecule has 2 amide bonds. The molecule has 0 radical (unpaired) electrons. The summed E-state index contributed by atoms with van der Waals surface area (Å²) in [6.07, 6.45) is -1.15. The van der Waals surface area contributed by atoms with Crippen molar-refractivity contribution in [2.24, 2.45) is 0 Å². The Balaban J connectivity index is 1.68. The average Bonchev–Trinajstić information content (AvgIpc) is 3.48. The van der Waals surface area contributed by atoms with Gasteiger partial charge in [0.25, 0.3) is 5.91 Å². The first kappa shape index (κ1) is 21.4. The Morgan fingerprint density at radius 2 is 2.00 bits per heavy atom. The molecular weight excluding hydrogens is 464 g/mol. The third-order valence-electron chi connectivity index (χ3n) is 5.97. The lowest BCUT2D eigenvalue weighted by Crippen LogP contribution is -2.45. The minimum absolute atomic E-state index is 0.156. The standard InChI is InChI=1S/C23H19ClN4O4S/c1-12(18-9-10-19(24)33-18)28-20(29)14-5-3-4-6-15(14)23(28,32)13-7-8-16-17(11-13)26-21(25-16)27(2)22(30)31/h3-12,32H,1-2H3,(H,25,26)(H,30,31). The van der Waals surface area contributed by atoms with Gasteiger partial charge in [-0.1, -0.05) is 35.9 Å². The number of aromatic amines is 1. The number of nitrogens with one attached hydrogen (secondary N) is 1. The molecule has 8 nitrogen and oxygen atoms in total. The largest absolute Gasteiger partial charge is 0.465 e. The minimum atomic E-state index is -1.75. The van der Waals surface area contributed by atoms with E-state index < -0.39 is 17.9 Å². The number of nitrogens with zero attached hydrogens (tertiary/aromatic N) is 3. The molecule has 2 aromatic heterocycles. The highest BCUT2D eigenvalue weighted by molar-refractivity contribution is 7.16. The highest BCUT2D eigenvalue weighted by Crippen LogP contribution is 2.48. The lowest BCUT2D eigenvalue weighted by atomic mass is 9.93. The molecule has 1 aliphatic heterocycles. The molecule has 4 aromatic rings. The highest BCUT2D eigenvalue weighted by Gasteiger charge is 2.52. The van der Waals surface area contributed by atoms with Gasteiger partial charge in [-0.15, -0.1) is 11.3 Å². The van der Waals surface area contributed by atoms with Crippen molar-refractivity contribution in [3.63, 3.8) is 0 Å². The third kappa shape index (κ3) is 3.19. The molecule has 3 heterocycles. The zero-order valence-corrected chi connectivity index (χ0v) is 19.2. The molecule has 10 heteroatoms. The lowest BCUT2D eigenvalue weighted by Gasteiger charge is -2.38. The maximum absolute atomic E-state index is 13.5. The van der Waals surface area contributed by atoms with Gasteiger partial charge in [0.15, 0.2) is 5.72 Å². The van der Waals surface area contributed by atoms with Gasteiger partial charge in [0.1, 0.15) is 0 Å². The molecular formula is C23H19ClN4O4S. The Morgan fingerprint density at radius 3 is 2.70 bits per heavy atom. The molecule has 0 saturated heterocycles. The number of hydrogen-bond acceptors (Lipinski definition) is 5. The van der Waals surface area contributed by atoms with Crippen LogP contribution in [0.3, 0.4) is 0 Å². The second-order valence-electron chi connectivity index (χ2n) is 7.84. The smallest absolute Gasteiger partial charge is 0.413 e. The number of amides is 2. The van der Waals surface area contributed by atoms with Crippen LogP contribution in [0.5, 0.6) is 0 Å². The number of rotatable bonds is 4. The number of hydrogen-bond donors (Lipinski definition) is 3. The van der Waals surface area contributed by atoms with Crippen LogP contribution >= 0.6 is 22.9 Å². The Bertz CT molecular complexity index is 1420. The Hall–Kier alpha value is -3.40. The molecule has 0 aliphatic carbocycles. The number of anilines is 1. The van der Waals surface area contributed by atoms with Crippen LogP contribution < -0.4 is 4.90 Å². The number of imidazole rings is 1. The van der Waals surface area contributed by atoms with Crippen molar-refractivity contribution in [3.05, 3.63) is 80.5 Å². The van der Waals surface area contributed by atoms with Crippen LogP contribution in [0.15, 0.2) is 54.6 Å². The van der Waals surface area contributed by atoms with Gasteiger partial charge in [-0.25, -0.2) is 9.78 Å². The van der Waals surface area contributed by atoms with E-state index in [0.717, 1.165) is 9.78 Å². The Kier molecular flexibility index (Phi) is 4.93. The third-order valence-corrected chi connectivity index (χ3v) is 7.37. The Labute approximate surface area is 197 Å². The van der Waals surface area contributed by atoms with E-state index in [2.05, 4.69) is 9.97 Å². The predicted octanol–water partition coefficient (Wildman–Crippen LogP) is 4.80. The van der Waals surface area contributed by atoms with Crippen LogP contribution in [0.1, 0.15) is 39.3 Å². The number of carbonyl (C=O) groups excluding carboxylic acids is 1. The van der Waals surface area contributed by atoms with Gasteiger partial charge in [0.05, 0.1) is 21.4 Å². The maximum atomic E-state index is 13.5. The molecule has 2 unspecified atom stereocenters. The van der Waals surface area contributed by atoms with Crippen molar-refractivity contribution in [1.82, 2.24) is 14.9 Å². The van der Waals surface area contributed by atoms with Crippen molar-refractivity contribution in [1.29, 1.82) is 0 Å². The molecule has 0 bridgehead atoms. The summed E-state index contributed by atoms with van der Waals surface area (Å²) in [6.45, 7) is 1.85. The van der Waals surface area contributed by atoms with Crippen LogP contribution in [0.4, 0.5) is 10.7 Å². The second-order valence-corrected chi connectivity index (χ2v) is 9.59. The summed E-state index contributed by atoms with van der Waals surface area (Å²) in [5.74, 6) is -0.135. The summed E-state index contributed by atoms with van der Waals surface area (Å²) in [7, 11) is 1.38. The molecule has 0 spiro atoms. The molecule has 168 valence electrons. The molecule has 2 aromatic carbocycles. The minimum Gasteiger partial charge on any atom is -0.465 e. The topological polar surface area (TPSA) is 110 Å². The van der Waals surface area contributed by atoms with E-state index in [1.165, 1.54) is 23.3 Å². The molecule has 3 N–H and O–H groups in total. The fourth-order valence-corrected chi connectivity index (χ4v) is 5.38. The SMILES string of the molecule is CC(c1ccc(Cl)s1)N1C(=O)c2ccccc2C1(O)c1ccc2nc(N(C)C(=O)O)[nH]c2c1. The van der Waals surface area contributed by atoms with Crippen molar-refractivity contribution in [2.75, 3.05) is 11.9 Å². The van der Waals surface area contributed by atoms with E-state index in [1.807, 2.05) is 13.0 Å². The monoisotopic (exact) mass is 482 g/mol. The molecule has 1 aliphatic rings. The number of aliphatic hydroxyl groups is 1. The summed E-state index contributed by atoms with van der Waals surface area (Å²) < 4.78 is 0.596. The number of H-pyrrole nitrogens is 1. The van der Waals surface area contributed by atoms with Gasteiger partial charge in [0, 0.05) is 28.6 Å². The summed E-state index contributed by atoms with van der Waals surface area (Å²) >= 11 is 7.49. The fourth-order valence-electron chi connectivity index (χ4n) is 4.27. The van der Waals surface area contributed by atoms with E-state index in [9.17, 15) is 19.8 Å². The van der Waals surface area contributed by atoms with Gasteiger partial charge in [-0.3, -0.25) is 14.6 Å². The number of benzene rings is 2. The van der Waals surface area contributed by atoms with Crippen molar-refractivity contribution in [3.8, 4) is 0 Å². The summed E-state index contributed by atoms with van der Waals surface area (Å²) in [4.78, 5) is 35.3. The van der Waals surface area contributed by atoms with E-state index in [1.54, 1.807) is 48.5 Å². The van der Waals surface area contributed by atoms with Crippen molar-refractivity contribution >= 4 is 51.9 Å². The average molecular weight is 483 g/mol. The lowest BCUT2D eigenvalue weighted by molar-refractivity contribution is -0.0670. The van der Waals surface area contributed by atoms with Crippen molar-refractivity contribution in [2.45, 2.75) is 18.7 Å². The van der Waals surface area contributed by atoms with E-state index in [-0.39, 0.29) is 11.9 Å². The van der Waals surface area contributed by atoms with E-state index >= 15 is 0 Å². The van der Waals surface area contributed by atoms with Gasteiger partial charge in [0.2, 0.25) is 5.95 Å². The predicted molar refractivity (Wildman–Crippen MR) is 126 cm³/mol. The Morgan fingerprint density at radius 1 is 1.24 bits per heavy atom. The van der Waals surface area contributed by atoms with Crippen molar-refractivity contribution < 1.29 is 19.8 Å². The normalized spacial score (nSPS) is 18.5. The van der Waals surface area contributed by atoms with Crippen LogP contribution in [0.2, 0.25) is 4.34 Å². The van der Waals surface area contributed by atoms with E-state index in [4.69, 9.17) is 11.6 Å². The maximum Gasteiger partial charge on any atom is 0.413 e. The summed E-state index contributed by atoms with van der Waals surface area (Å²) in [6, 6.07) is 15.2. The van der Waals surface area contributed by atoms with Gasteiger partial charge < -0.3 is 15.2 Å². The summed E-state index contributed by atoms with van der Waals surface area (Å²) in [5, 5.41) is 21.4. The fraction of sp³-hybridized carbons (Fsp3) is 0.174. The first-order valence-electron chi connectivity index (χ1n) is 10.1. The first-order valence-corrected chi connectivity index (χ1v) is 11.3. The van der Waals surface area contributed by atoms with Crippen LogP contribution in [0, 0.1) is 0 Å². The number of fused-ring (bicyclic) bond motifs is 2. The quantitative estimate of drug-likeness (QED) is 0.387.